The molecule has 0 radical (unpaired) electrons. The average molecular weight is 253 g/mol. The number of halogens is 1. The minimum Gasteiger partial charge on any atom is -0.398 e. The number of hydrogen-bond donors (Lipinski definition) is 1. The minimum atomic E-state index is -0.458. The highest BCUT2D eigenvalue weighted by Crippen LogP contribution is 2.29. The lowest BCUT2D eigenvalue weighted by molar-refractivity contribution is -0.116. The van der Waals surface area contributed by atoms with E-state index in [1.165, 1.54) is 6.92 Å². The molecule has 0 bridgehead atoms. The molecule has 4 heteroatoms. The summed E-state index contributed by atoms with van der Waals surface area (Å²) in [5.74, 6) is -0.0490. The summed E-state index contributed by atoms with van der Waals surface area (Å²) in [6.07, 6.45) is 0. The molecule has 0 aliphatic carbocycles. The first kappa shape index (κ1) is 10.7. The third-order valence-electron chi connectivity index (χ3n) is 1.87. The van der Waals surface area contributed by atoms with E-state index in [2.05, 4.69) is 15.9 Å². The summed E-state index contributed by atoms with van der Waals surface area (Å²) in [4.78, 5) is 10.7. The van der Waals surface area contributed by atoms with Crippen LogP contribution in [0, 0.1) is 11.3 Å². The first-order valence-electron chi connectivity index (χ1n) is 4.01. The first-order chi connectivity index (χ1) is 6.57. The van der Waals surface area contributed by atoms with E-state index in [0.717, 1.165) is 0 Å². The van der Waals surface area contributed by atoms with E-state index in [1.807, 2.05) is 6.07 Å². The van der Waals surface area contributed by atoms with E-state index in [1.54, 1.807) is 18.2 Å². The SMILES string of the molecule is CC(=O)C(Br)c1cccc(N)c1C#N. The van der Waals surface area contributed by atoms with Gasteiger partial charge in [-0.15, -0.1) is 0 Å². The Hall–Kier alpha value is -1.34. The van der Waals surface area contributed by atoms with Gasteiger partial charge in [-0.25, -0.2) is 0 Å². The molecular weight excluding hydrogens is 244 g/mol. The van der Waals surface area contributed by atoms with Crippen LogP contribution in [-0.2, 0) is 4.79 Å². The van der Waals surface area contributed by atoms with Crippen molar-refractivity contribution >= 4 is 27.4 Å². The number of ketones is 1. The lowest BCUT2D eigenvalue weighted by Gasteiger charge is -2.09. The lowest BCUT2D eigenvalue weighted by atomic mass is 10.0. The van der Waals surface area contributed by atoms with Gasteiger partial charge in [-0.3, -0.25) is 4.79 Å². The second-order valence-corrected chi connectivity index (χ2v) is 3.81. The number of nitriles is 1. The predicted molar refractivity (Wildman–Crippen MR) is 57.9 cm³/mol. The van der Waals surface area contributed by atoms with Gasteiger partial charge in [-0.2, -0.15) is 5.26 Å². The standard InChI is InChI=1S/C10H9BrN2O/c1-6(14)10(11)7-3-2-4-9(13)8(7)5-12/h2-4,10H,13H2,1H3. The van der Waals surface area contributed by atoms with Gasteiger partial charge in [-0.05, 0) is 18.6 Å². The molecule has 3 nitrogen and oxygen atoms in total. The Balaban J connectivity index is 3.29. The van der Waals surface area contributed by atoms with Gasteiger partial charge in [0.25, 0.3) is 0 Å². The molecule has 1 unspecified atom stereocenters. The highest BCUT2D eigenvalue weighted by atomic mass is 79.9. The van der Waals surface area contributed by atoms with Crippen molar-refractivity contribution in [1.82, 2.24) is 0 Å². The maximum absolute atomic E-state index is 11.1. The van der Waals surface area contributed by atoms with Crippen LogP contribution < -0.4 is 5.73 Å². The molecule has 14 heavy (non-hydrogen) atoms. The van der Waals surface area contributed by atoms with Gasteiger partial charge in [0.05, 0.1) is 10.4 Å². The molecule has 0 saturated carbocycles. The lowest BCUT2D eigenvalue weighted by Crippen LogP contribution is -2.05. The molecule has 0 spiro atoms. The Morgan fingerprint density at radius 1 is 1.64 bits per heavy atom. The van der Waals surface area contributed by atoms with Crippen molar-refractivity contribution in [3.8, 4) is 6.07 Å². The molecule has 1 aromatic carbocycles. The Morgan fingerprint density at radius 3 is 2.79 bits per heavy atom. The number of nitrogen functional groups attached to an aromatic ring is 1. The zero-order chi connectivity index (χ0) is 10.7. The Bertz CT molecular complexity index is 409. The van der Waals surface area contributed by atoms with Crippen molar-refractivity contribution in [2.24, 2.45) is 0 Å². The normalized spacial score (nSPS) is 11.8. The summed E-state index contributed by atoms with van der Waals surface area (Å²) in [5.41, 5.74) is 7.00. The summed E-state index contributed by atoms with van der Waals surface area (Å²) < 4.78 is 0. The molecule has 0 heterocycles. The van der Waals surface area contributed by atoms with Crippen molar-refractivity contribution in [2.75, 3.05) is 5.73 Å². The van der Waals surface area contributed by atoms with Crippen LogP contribution in [0.1, 0.15) is 22.9 Å². The van der Waals surface area contributed by atoms with Crippen LogP contribution in [0.25, 0.3) is 0 Å². The van der Waals surface area contributed by atoms with Gasteiger partial charge in [0.15, 0.2) is 0 Å². The Labute approximate surface area is 90.7 Å². The third kappa shape index (κ3) is 1.94. The van der Waals surface area contributed by atoms with Crippen molar-refractivity contribution in [3.63, 3.8) is 0 Å². The van der Waals surface area contributed by atoms with Gasteiger partial charge < -0.3 is 5.73 Å². The van der Waals surface area contributed by atoms with Gasteiger partial charge in [0.2, 0.25) is 0 Å². The summed E-state index contributed by atoms with van der Waals surface area (Å²) in [7, 11) is 0. The number of anilines is 1. The van der Waals surface area contributed by atoms with Crippen LogP contribution in [0.15, 0.2) is 18.2 Å². The molecule has 0 aliphatic heterocycles. The fourth-order valence-electron chi connectivity index (χ4n) is 1.15. The first-order valence-corrected chi connectivity index (χ1v) is 4.92. The van der Waals surface area contributed by atoms with E-state index in [0.29, 0.717) is 16.8 Å². The van der Waals surface area contributed by atoms with Crippen molar-refractivity contribution in [3.05, 3.63) is 29.3 Å². The van der Waals surface area contributed by atoms with E-state index < -0.39 is 4.83 Å². The summed E-state index contributed by atoms with van der Waals surface area (Å²) in [6.45, 7) is 1.46. The predicted octanol–water partition coefficient (Wildman–Crippen LogP) is 2.17. The molecule has 0 fully saturated rings. The second-order valence-electron chi connectivity index (χ2n) is 2.90. The smallest absolute Gasteiger partial charge is 0.147 e. The number of nitrogens with two attached hydrogens (primary N) is 1. The van der Waals surface area contributed by atoms with Crippen LogP contribution in [0.2, 0.25) is 0 Å². The van der Waals surface area contributed by atoms with Crippen LogP contribution in [-0.4, -0.2) is 5.78 Å². The summed E-state index contributed by atoms with van der Waals surface area (Å²) in [5, 5.41) is 8.87. The number of Topliss-reactive ketones (excluding diaryl/α,β-unsaturated/α-hetero) is 1. The maximum atomic E-state index is 11.1. The molecule has 72 valence electrons. The van der Waals surface area contributed by atoms with Crippen LogP contribution in [0.5, 0.6) is 0 Å². The number of hydrogen-bond acceptors (Lipinski definition) is 3. The highest BCUT2D eigenvalue weighted by molar-refractivity contribution is 9.09. The molecule has 0 amide bonds. The van der Waals surface area contributed by atoms with Crippen LogP contribution >= 0.6 is 15.9 Å². The molecule has 0 saturated heterocycles. The number of alkyl halides is 1. The highest BCUT2D eigenvalue weighted by Gasteiger charge is 2.17. The molecule has 2 N–H and O–H groups in total. The minimum absolute atomic E-state index is 0.0490. The summed E-state index contributed by atoms with van der Waals surface area (Å²) in [6, 6.07) is 7.08. The topological polar surface area (TPSA) is 66.9 Å². The van der Waals surface area contributed by atoms with Crippen LogP contribution in [0.3, 0.4) is 0 Å². The monoisotopic (exact) mass is 252 g/mol. The summed E-state index contributed by atoms with van der Waals surface area (Å²) >= 11 is 3.22. The van der Waals surface area contributed by atoms with Crippen LogP contribution in [0.4, 0.5) is 5.69 Å². The van der Waals surface area contributed by atoms with Crippen molar-refractivity contribution < 1.29 is 4.79 Å². The number of carbonyl (C=O) groups excluding carboxylic acids is 1. The number of carbonyl (C=O) groups is 1. The number of rotatable bonds is 2. The third-order valence-corrected chi connectivity index (χ3v) is 3.01. The molecule has 0 aliphatic rings. The molecule has 1 atom stereocenters. The number of benzene rings is 1. The molecule has 1 aromatic rings. The van der Waals surface area contributed by atoms with Gasteiger partial charge in [0.1, 0.15) is 11.9 Å². The maximum Gasteiger partial charge on any atom is 0.147 e. The zero-order valence-corrected chi connectivity index (χ0v) is 9.21. The van der Waals surface area contributed by atoms with E-state index in [-0.39, 0.29) is 5.78 Å². The van der Waals surface area contributed by atoms with Gasteiger partial charge in [0, 0.05) is 5.69 Å². The molecule has 0 aromatic heterocycles. The zero-order valence-electron chi connectivity index (χ0n) is 7.62. The Kier molecular flexibility index (Phi) is 3.26. The molecular formula is C10H9BrN2O. The van der Waals surface area contributed by atoms with E-state index in [4.69, 9.17) is 11.0 Å². The van der Waals surface area contributed by atoms with Crippen molar-refractivity contribution in [1.29, 1.82) is 5.26 Å². The fourth-order valence-corrected chi connectivity index (χ4v) is 1.53. The Morgan fingerprint density at radius 2 is 2.29 bits per heavy atom. The van der Waals surface area contributed by atoms with Crippen molar-refractivity contribution in [2.45, 2.75) is 11.8 Å². The van der Waals surface area contributed by atoms with Gasteiger partial charge in [-0.1, -0.05) is 28.1 Å². The molecule has 1 rings (SSSR count). The van der Waals surface area contributed by atoms with E-state index >= 15 is 0 Å². The quantitative estimate of drug-likeness (QED) is 0.648. The fraction of sp³-hybridized carbons (Fsp3) is 0.200. The number of nitrogens with zero attached hydrogens (tertiary/aromatic N) is 1. The second kappa shape index (κ2) is 4.25. The largest absolute Gasteiger partial charge is 0.398 e. The van der Waals surface area contributed by atoms with Gasteiger partial charge >= 0.3 is 0 Å². The average Bonchev–Trinajstić information content (AvgIpc) is 2.16. The van der Waals surface area contributed by atoms with E-state index in [9.17, 15) is 4.79 Å².